The number of carboxylic acid groups (broad SMARTS) is 1. The minimum atomic E-state index is -3.80. The number of anilines is 1. The molecule has 2 aromatic rings. The van der Waals surface area contributed by atoms with E-state index in [-0.39, 0.29) is 16.4 Å². The third-order valence-corrected chi connectivity index (χ3v) is 4.18. The number of nitrogens with zero attached hydrogens (tertiary/aromatic N) is 1. The third kappa shape index (κ3) is 2.80. The summed E-state index contributed by atoms with van der Waals surface area (Å²) in [5.74, 6) is -1.28. The molecule has 0 radical (unpaired) electrons. The number of benzene rings is 1. The number of rotatable bonds is 4. The number of H-pyrrole nitrogens is 1. The maximum Gasteiger partial charge on any atom is 0.353 e. The lowest BCUT2D eigenvalue weighted by Crippen LogP contribution is -2.14. The number of nitrogens with one attached hydrogen (secondary N) is 2. The summed E-state index contributed by atoms with van der Waals surface area (Å²) in [6.45, 7) is 3.47. The second kappa shape index (κ2) is 4.97. The van der Waals surface area contributed by atoms with E-state index in [0.29, 0.717) is 5.56 Å². The van der Waals surface area contributed by atoms with E-state index in [4.69, 9.17) is 5.11 Å². The molecule has 0 saturated carbocycles. The van der Waals surface area contributed by atoms with E-state index in [2.05, 4.69) is 14.9 Å². The van der Waals surface area contributed by atoms with E-state index in [0.717, 1.165) is 11.6 Å². The van der Waals surface area contributed by atoms with Crippen LogP contribution in [0.3, 0.4) is 0 Å². The number of carboxylic acids is 1. The monoisotopic (exact) mass is 295 g/mol. The predicted molar refractivity (Wildman–Crippen MR) is 72.3 cm³/mol. The fourth-order valence-corrected chi connectivity index (χ4v) is 3.00. The van der Waals surface area contributed by atoms with Crippen molar-refractivity contribution in [3.63, 3.8) is 0 Å². The molecule has 0 saturated heterocycles. The Morgan fingerprint density at radius 2 is 2.00 bits per heavy atom. The Hall–Kier alpha value is -2.35. The number of sulfonamides is 1. The van der Waals surface area contributed by atoms with Gasteiger partial charge in [0.1, 0.15) is 5.69 Å². The van der Waals surface area contributed by atoms with Gasteiger partial charge in [-0.05, 0) is 31.0 Å². The summed E-state index contributed by atoms with van der Waals surface area (Å²) in [6, 6.07) is 6.18. The summed E-state index contributed by atoms with van der Waals surface area (Å²) in [7, 11) is -3.80. The number of aromatic nitrogens is 2. The molecule has 0 spiro atoms. The molecule has 1 heterocycles. The van der Waals surface area contributed by atoms with Gasteiger partial charge < -0.3 is 5.11 Å². The average Bonchev–Trinajstić information content (AvgIpc) is 2.80. The molecule has 2 rings (SSSR count). The van der Waals surface area contributed by atoms with Crippen LogP contribution in [0.1, 0.15) is 21.6 Å². The molecule has 0 amide bonds. The smallest absolute Gasteiger partial charge is 0.353 e. The summed E-state index contributed by atoms with van der Waals surface area (Å²) in [5.41, 5.74) is 1.21. The van der Waals surface area contributed by atoms with Crippen LogP contribution in [0.15, 0.2) is 29.2 Å². The fourth-order valence-electron chi connectivity index (χ4n) is 1.67. The van der Waals surface area contributed by atoms with E-state index >= 15 is 0 Å². The van der Waals surface area contributed by atoms with Gasteiger partial charge in [-0.15, -0.1) is 0 Å². The van der Waals surface area contributed by atoms with Crippen molar-refractivity contribution >= 4 is 21.8 Å². The summed E-state index contributed by atoms with van der Waals surface area (Å²) >= 11 is 0. The fraction of sp³-hybridized carbons (Fsp3) is 0.167. The van der Waals surface area contributed by atoms with Crippen LogP contribution < -0.4 is 4.72 Å². The van der Waals surface area contributed by atoms with Crippen molar-refractivity contribution in [2.75, 3.05) is 4.72 Å². The van der Waals surface area contributed by atoms with E-state index < -0.39 is 16.0 Å². The molecule has 7 nitrogen and oxygen atoms in total. The molecule has 3 N–H and O–H groups in total. The minimum Gasteiger partial charge on any atom is -0.477 e. The maximum absolute atomic E-state index is 12.2. The minimum absolute atomic E-state index is 0.0664. The van der Waals surface area contributed by atoms with Gasteiger partial charge >= 0.3 is 5.97 Å². The SMILES string of the molecule is Cc1ccc(C)c(S(=O)(=O)Nc2cc(C(=O)O)[nH]n2)c1. The van der Waals surface area contributed by atoms with Crippen molar-refractivity contribution in [3.8, 4) is 0 Å². The first-order valence-corrected chi connectivity index (χ1v) is 7.17. The number of carbonyl (C=O) groups is 1. The zero-order chi connectivity index (χ0) is 14.9. The van der Waals surface area contributed by atoms with Gasteiger partial charge in [0.2, 0.25) is 0 Å². The number of aromatic amines is 1. The van der Waals surface area contributed by atoms with Gasteiger partial charge in [0.05, 0.1) is 4.90 Å². The largest absolute Gasteiger partial charge is 0.477 e. The highest BCUT2D eigenvalue weighted by molar-refractivity contribution is 7.92. The Labute approximate surface area is 115 Å². The molecule has 20 heavy (non-hydrogen) atoms. The molecule has 1 aromatic heterocycles. The molecule has 0 aliphatic heterocycles. The van der Waals surface area contributed by atoms with Gasteiger partial charge in [0, 0.05) is 6.07 Å². The summed E-state index contributed by atoms with van der Waals surface area (Å²) < 4.78 is 26.7. The normalized spacial score (nSPS) is 11.3. The molecule has 0 aliphatic rings. The lowest BCUT2D eigenvalue weighted by atomic mass is 10.2. The zero-order valence-electron chi connectivity index (χ0n) is 10.8. The Kier molecular flexibility index (Phi) is 3.49. The van der Waals surface area contributed by atoms with Crippen molar-refractivity contribution in [1.82, 2.24) is 10.2 Å². The number of hydrogen-bond donors (Lipinski definition) is 3. The highest BCUT2D eigenvalue weighted by Crippen LogP contribution is 2.20. The van der Waals surface area contributed by atoms with E-state index in [1.165, 1.54) is 0 Å². The van der Waals surface area contributed by atoms with Gasteiger partial charge in [-0.2, -0.15) is 5.10 Å². The van der Waals surface area contributed by atoms with E-state index in [9.17, 15) is 13.2 Å². The summed E-state index contributed by atoms with van der Waals surface area (Å²) in [4.78, 5) is 10.8. The maximum atomic E-state index is 12.2. The van der Waals surface area contributed by atoms with Crippen LogP contribution in [0.5, 0.6) is 0 Å². The Morgan fingerprint density at radius 1 is 1.30 bits per heavy atom. The lowest BCUT2D eigenvalue weighted by molar-refractivity contribution is 0.0690. The molecule has 1 aromatic carbocycles. The number of aromatic carboxylic acids is 1. The van der Waals surface area contributed by atoms with Crippen molar-refractivity contribution in [3.05, 3.63) is 41.1 Å². The second-order valence-electron chi connectivity index (χ2n) is 4.35. The van der Waals surface area contributed by atoms with Crippen LogP contribution >= 0.6 is 0 Å². The van der Waals surface area contributed by atoms with Crippen LogP contribution in [0.4, 0.5) is 5.82 Å². The molecule has 0 aliphatic carbocycles. The quantitative estimate of drug-likeness (QED) is 0.791. The summed E-state index contributed by atoms with van der Waals surface area (Å²) in [5, 5.41) is 14.6. The van der Waals surface area contributed by atoms with Gasteiger partial charge in [-0.25, -0.2) is 13.2 Å². The highest BCUT2D eigenvalue weighted by Gasteiger charge is 2.19. The molecular formula is C12H13N3O4S. The van der Waals surface area contributed by atoms with Crippen LogP contribution in [0.2, 0.25) is 0 Å². The molecule has 106 valence electrons. The third-order valence-electron chi connectivity index (χ3n) is 2.68. The molecule has 0 fully saturated rings. The van der Waals surface area contributed by atoms with Crippen molar-refractivity contribution < 1.29 is 18.3 Å². The molecule has 8 heteroatoms. The first-order chi connectivity index (χ1) is 9.29. The van der Waals surface area contributed by atoms with Gasteiger partial charge in [0.15, 0.2) is 5.82 Å². The molecule has 0 atom stereocenters. The first kappa shape index (κ1) is 14.1. The molecule has 0 bridgehead atoms. The predicted octanol–water partition coefficient (Wildman–Crippen LogP) is 1.53. The van der Waals surface area contributed by atoms with Crippen molar-refractivity contribution in [2.24, 2.45) is 0 Å². The van der Waals surface area contributed by atoms with E-state index in [1.807, 2.05) is 6.07 Å². The van der Waals surface area contributed by atoms with Gasteiger partial charge in [-0.1, -0.05) is 12.1 Å². The van der Waals surface area contributed by atoms with Crippen LogP contribution in [-0.4, -0.2) is 29.7 Å². The summed E-state index contributed by atoms with van der Waals surface area (Å²) in [6.07, 6.45) is 0. The van der Waals surface area contributed by atoms with E-state index in [1.54, 1.807) is 26.0 Å². The first-order valence-electron chi connectivity index (χ1n) is 5.68. The van der Waals surface area contributed by atoms with Crippen molar-refractivity contribution in [1.29, 1.82) is 0 Å². The number of aryl methyl sites for hydroxylation is 2. The highest BCUT2D eigenvalue weighted by atomic mass is 32.2. The van der Waals surface area contributed by atoms with Gasteiger partial charge in [0.25, 0.3) is 10.0 Å². The molecular weight excluding hydrogens is 282 g/mol. The Bertz CT molecular complexity index is 765. The van der Waals surface area contributed by atoms with Crippen LogP contribution in [-0.2, 0) is 10.0 Å². The lowest BCUT2D eigenvalue weighted by Gasteiger charge is -2.09. The second-order valence-corrected chi connectivity index (χ2v) is 6.00. The Balaban J connectivity index is 2.35. The topological polar surface area (TPSA) is 112 Å². The van der Waals surface area contributed by atoms with Gasteiger partial charge in [-0.3, -0.25) is 9.82 Å². The van der Waals surface area contributed by atoms with Crippen LogP contribution in [0.25, 0.3) is 0 Å². The number of hydrogen-bond acceptors (Lipinski definition) is 4. The van der Waals surface area contributed by atoms with Crippen LogP contribution in [0, 0.1) is 13.8 Å². The zero-order valence-corrected chi connectivity index (χ0v) is 11.7. The molecule has 0 unspecified atom stereocenters. The Morgan fingerprint density at radius 3 is 2.60 bits per heavy atom. The van der Waals surface area contributed by atoms with Crippen molar-refractivity contribution in [2.45, 2.75) is 18.7 Å². The average molecular weight is 295 g/mol. The standard InChI is InChI=1S/C12H13N3O4S/c1-7-3-4-8(2)10(5-7)20(18,19)15-11-6-9(12(16)17)13-14-11/h3-6H,1-2H3,(H,16,17)(H2,13,14,15).